The zero-order chi connectivity index (χ0) is 13.8. The fraction of sp³-hybridized carbons (Fsp3) is 0.417. The highest BCUT2D eigenvalue weighted by atomic mass is 19.3. The topological polar surface area (TPSA) is 58.6 Å². The number of hydrogen-bond acceptors (Lipinski definition) is 3. The summed E-state index contributed by atoms with van der Waals surface area (Å²) in [7, 11) is 1.57. The van der Waals surface area contributed by atoms with Crippen LogP contribution in [0.5, 0.6) is 5.75 Å². The van der Waals surface area contributed by atoms with E-state index < -0.39 is 18.1 Å². The lowest BCUT2D eigenvalue weighted by atomic mass is 9.88. The highest BCUT2D eigenvalue weighted by molar-refractivity contribution is 5.69. The summed E-state index contributed by atoms with van der Waals surface area (Å²) >= 11 is 0. The lowest BCUT2D eigenvalue weighted by molar-refractivity contribution is -0.138. The molecule has 1 rings (SSSR count). The fourth-order valence-electron chi connectivity index (χ4n) is 1.74. The number of rotatable bonds is 6. The van der Waals surface area contributed by atoms with Crippen molar-refractivity contribution in [3.8, 4) is 5.75 Å². The first-order valence-electron chi connectivity index (χ1n) is 5.34. The van der Waals surface area contributed by atoms with Gasteiger partial charge in [0.1, 0.15) is 5.75 Å². The van der Waals surface area contributed by atoms with Gasteiger partial charge in [0.15, 0.2) is 0 Å². The van der Waals surface area contributed by atoms with E-state index in [1.54, 1.807) is 32.2 Å². The average Bonchev–Trinajstić information content (AvgIpc) is 2.27. The molecule has 1 aromatic carbocycles. The SMILES string of the molecule is CNC(C)(CC(=O)O)c1ccccc1OC(F)F. The molecule has 0 aliphatic carbocycles. The summed E-state index contributed by atoms with van der Waals surface area (Å²) in [5.74, 6) is -1.05. The van der Waals surface area contributed by atoms with Crippen molar-refractivity contribution in [2.45, 2.75) is 25.5 Å². The second-order valence-electron chi connectivity index (χ2n) is 4.03. The van der Waals surface area contributed by atoms with Crippen LogP contribution in [0, 0.1) is 0 Å². The second kappa shape index (κ2) is 5.77. The van der Waals surface area contributed by atoms with Crippen molar-refractivity contribution in [1.82, 2.24) is 5.32 Å². The summed E-state index contributed by atoms with van der Waals surface area (Å²) in [6.07, 6.45) is -0.243. The molecule has 0 spiro atoms. The number of para-hydroxylation sites is 1. The molecule has 2 N–H and O–H groups in total. The van der Waals surface area contributed by atoms with Gasteiger partial charge < -0.3 is 15.2 Å². The van der Waals surface area contributed by atoms with Crippen molar-refractivity contribution in [3.63, 3.8) is 0 Å². The number of nitrogens with one attached hydrogen (secondary N) is 1. The summed E-state index contributed by atoms with van der Waals surface area (Å²) in [5.41, 5.74) is -0.590. The van der Waals surface area contributed by atoms with E-state index in [1.807, 2.05) is 0 Å². The van der Waals surface area contributed by atoms with Crippen LogP contribution in [0.15, 0.2) is 24.3 Å². The summed E-state index contributed by atoms with van der Waals surface area (Å²) in [4.78, 5) is 10.9. The molecule has 100 valence electrons. The lowest BCUT2D eigenvalue weighted by Crippen LogP contribution is -2.39. The number of alkyl halides is 2. The molecule has 4 nitrogen and oxygen atoms in total. The quantitative estimate of drug-likeness (QED) is 0.822. The third-order valence-electron chi connectivity index (χ3n) is 2.75. The number of carboxylic acids is 1. The molecule has 0 bridgehead atoms. The number of ether oxygens (including phenoxy) is 1. The minimum absolute atomic E-state index is 0.0226. The Kier molecular flexibility index (Phi) is 4.61. The Labute approximate surface area is 104 Å². The van der Waals surface area contributed by atoms with Gasteiger partial charge in [-0.15, -0.1) is 0 Å². The Balaban J connectivity index is 3.15. The molecule has 1 atom stereocenters. The van der Waals surface area contributed by atoms with Crippen LogP contribution in [0.1, 0.15) is 18.9 Å². The number of aliphatic carboxylic acids is 1. The predicted octanol–water partition coefficient (Wildman–Crippen LogP) is 2.20. The van der Waals surface area contributed by atoms with Crippen LogP contribution in [-0.2, 0) is 10.3 Å². The van der Waals surface area contributed by atoms with Gasteiger partial charge in [0.2, 0.25) is 0 Å². The van der Waals surface area contributed by atoms with Gasteiger partial charge in [-0.25, -0.2) is 0 Å². The first kappa shape index (κ1) is 14.4. The monoisotopic (exact) mass is 259 g/mol. The summed E-state index contributed by atoms with van der Waals surface area (Å²) in [6.45, 7) is -1.33. The third-order valence-corrected chi connectivity index (χ3v) is 2.75. The van der Waals surface area contributed by atoms with E-state index in [4.69, 9.17) is 5.11 Å². The van der Waals surface area contributed by atoms with Crippen molar-refractivity contribution in [2.75, 3.05) is 7.05 Å². The standard InChI is InChI=1S/C12H15F2NO3/c1-12(15-2,7-10(16)17)8-5-3-4-6-9(8)18-11(13)14/h3-6,11,15H,7H2,1-2H3,(H,16,17). The van der Waals surface area contributed by atoms with Crippen LogP contribution < -0.4 is 10.1 Å². The molecule has 1 aromatic rings. The van der Waals surface area contributed by atoms with E-state index in [0.29, 0.717) is 5.56 Å². The van der Waals surface area contributed by atoms with E-state index >= 15 is 0 Å². The van der Waals surface area contributed by atoms with Gasteiger partial charge in [-0.05, 0) is 20.0 Å². The van der Waals surface area contributed by atoms with Crippen molar-refractivity contribution in [2.24, 2.45) is 0 Å². The Morgan fingerprint density at radius 1 is 1.50 bits per heavy atom. The van der Waals surface area contributed by atoms with Crippen molar-refractivity contribution >= 4 is 5.97 Å². The molecule has 0 fully saturated rings. The molecule has 0 aliphatic heterocycles. The van der Waals surface area contributed by atoms with Gasteiger partial charge in [0.25, 0.3) is 0 Å². The van der Waals surface area contributed by atoms with Crippen LogP contribution >= 0.6 is 0 Å². The maximum Gasteiger partial charge on any atom is 0.387 e. The smallest absolute Gasteiger partial charge is 0.387 e. The first-order chi connectivity index (χ1) is 8.39. The van der Waals surface area contributed by atoms with Crippen molar-refractivity contribution in [3.05, 3.63) is 29.8 Å². The maximum absolute atomic E-state index is 12.3. The van der Waals surface area contributed by atoms with E-state index in [1.165, 1.54) is 6.07 Å². The maximum atomic E-state index is 12.3. The Morgan fingerprint density at radius 2 is 2.11 bits per heavy atom. The third kappa shape index (κ3) is 3.40. The van der Waals surface area contributed by atoms with Gasteiger partial charge >= 0.3 is 12.6 Å². The molecule has 0 heterocycles. The molecular formula is C12H15F2NO3. The molecular weight excluding hydrogens is 244 g/mol. The summed E-state index contributed by atoms with van der Waals surface area (Å²) in [5, 5.41) is 11.7. The van der Waals surface area contributed by atoms with E-state index in [9.17, 15) is 13.6 Å². The molecule has 0 saturated heterocycles. The molecule has 6 heteroatoms. The fourth-order valence-corrected chi connectivity index (χ4v) is 1.74. The van der Waals surface area contributed by atoms with E-state index in [-0.39, 0.29) is 12.2 Å². The van der Waals surface area contributed by atoms with Gasteiger partial charge in [-0.2, -0.15) is 8.78 Å². The van der Waals surface area contributed by atoms with Crippen molar-refractivity contribution in [1.29, 1.82) is 0 Å². The zero-order valence-electron chi connectivity index (χ0n) is 10.1. The second-order valence-corrected chi connectivity index (χ2v) is 4.03. The highest BCUT2D eigenvalue weighted by Gasteiger charge is 2.31. The first-order valence-corrected chi connectivity index (χ1v) is 5.34. The Hall–Kier alpha value is -1.69. The number of carbonyl (C=O) groups is 1. The molecule has 0 radical (unpaired) electrons. The minimum atomic E-state index is -2.95. The van der Waals surface area contributed by atoms with E-state index in [2.05, 4.69) is 10.1 Å². The number of halogens is 2. The van der Waals surface area contributed by atoms with Crippen LogP contribution in [0.25, 0.3) is 0 Å². The molecule has 0 saturated carbocycles. The van der Waals surface area contributed by atoms with E-state index in [0.717, 1.165) is 0 Å². The van der Waals surface area contributed by atoms with Crippen LogP contribution in [0.4, 0.5) is 8.78 Å². The number of benzene rings is 1. The van der Waals surface area contributed by atoms with Crippen LogP contribution in [0.2, 0.25) is 0 Å². The Bertz CT molecular complexity index is 426. The normalized spacial score (nSPS) is 14.3. The Morgan fingerprint density at radius 3 is 2.61 bits per heavy atom. The van der Waals surface area contributed by atoms with Gasteiger partial charge in [-0.3, -0.25) is 4.79 Å². The van der Waals surface area contributed by atoms with Crippen molar-refractivity contribution < 1.29 is 23.4 Å². The number of hydrogen-bond donors (Lipinski definition) is 2. The van der Waals surface area contributed by atoms with Crippen LogP contribution in [-0.4, -0.2) is 24.7 Å². The molecule has 0 aromatic heterocycles. The largest absolute Gasteiger partial charge is 0.481 e. The van der Waals surface area contributed by atoms with Gasteiger partial charge in [-0.1, -0.05) is 18.2 Å². The zero-order valence-corrected chi connectivity index (χ0v) is 10.1. The molecule has 18 heavy (non-hydrogen) atoms. The average molecular weight is 259 g/mol. The van der Waals surface area contributed by atoms with Crippen LogP contribution in [0.3, 0.4) is 0 Å². The summed E-state index contributed by atoms with van der Waals surface area (Å²) < 4.78 is 29.0. The minimum Gasteiger partial charge on any atom is -0.481 e. The molecule has 1 unspecified atom stereocenters. The van der Waals surface area contributed by atoms with Gasteiger partial charge in [0.05, 0.1) is 12.0 Å². The lowest BCUT2D eigenvalue weighted by Gasteiger charge is -2.29. The van der Waals surface area contributed by atoms with Gasteiger partial charge in [0, 0.05) is 5.56 Å². The summed E-state index contributed by atoms with van der Waals surface area (Å²) in [6, 6.07) is 6.15. The number of carboxylic acid groups (broad SMARTS) is 1. The predicted molar refractivity (Wildman–Crippen MR) is 61.7 cm³/mol. The molecule has 0 amide bonds. The molecule has 0 aliphatic rings. The highest BCUT2D eigenvalue weighted by Crippen LogP contribution is 2.33.